The molecule has 10 heteroatoms. The third kappa shape index (κ3) is 12.9. The Labute approximate surface area is 705 Å². The van der Waals surface area contributed by atoms with E-state index in [9.17, 15) is 0 Å². The Bertz CT molecular complexity index is 7830. The van der Waals surface area contributed by atoms with Gasteiger partial charge in [-0.05, 0) is 169 Å². The molecule has 0 bridgehead atoms. The van der Waals surface area contributed by atoms with Crippen LogP contribution in [0.25, 0.3) is 216 Å². The number of rotatable bonds is 11. The molecular weight excluding hydrogens is 1640 g/mol. The van der Waals surface area contributed by atoms with Gasteiger partial charge < -0.3 is 18.4 Å². The predicted molar refractivity (Wildman–Crippen MR) is 492 cm³/mol. The molecule has 0 saturated carbocycles. The van der Waals surface area contributed by atoms with E-state index in [2.05, 4.69) is 353 Å². The van der Waals surface area contributed by atoms with Gasteiger partial charge in [-0.25, -0.2) is 15.0 Å². The number of hydrogen-bond donors (Lipinski definition) is 0. The minimum absolute atomic E-state index is 0. The number of hydrogen-bond acceptors (Lipinski definition) is 6. The van der Waals surface area contributed by atoms with Crippen LogP contribution in [0.2, 0.25) is 0 Å². The zero-order chi connectivity index (χ0) is 78.9. The second-order valence-electron chi connectivity index (χ2n) is 30.1. The van der Waals surface area contributed by atoms with Crippen LogP contribution in [-0.4, -0.2) is 33.6 Å². The molecule has 0 unspecified atom stereocenters. The van der Waals surface area contributed by atoms with Crippen LogP contribution in [-0.2, 0) is 26.5 Å². The molecule has 24 rings (SSSR count). The summed E-state index contributed by atoms with van der Waals surface area (Å²) in [6, 6.07) is 144. The van der Waals surface area contributed by atoms with Crippen LogP contribution >= 0.6 is 0 Å². The Kier molecular flexibility index (Phi) is 18.6. The first kappa shape index (κ1) is 72.5. The van der Waals surface area contributed by atoms with Crippen LogP contribution in [0.1, 0.15) is 12.7 Å². The van der Waals surface area contributed by atoms with Crippen molar-refractivity contribution in [1.29, 1.82) is 0 Å². The van der Waals surface area contributed by atoms with Gasteiger partial charge in [-0.15, -0.1) is 35.9 Å². The normalized spacial score (nSPS) is 11.5. The summed E-state index contributed by atoms with van der Waals surface area (Å²) in [5, 5.41) is 14.0. The van der Waals surface area contributed by atoms with Crippen molar-refractivity contribution in [2.75, 3.05) is 0 Å². The van der Waals surface area contributed by atoms with E-state index < -0.39 is 0 Å². The van der Waals surface area contributed by atoms with Crippen LogP contribution in [0.5, 0.6) is 0 Å². The SMILES string of the molecule is CCc1nc2ccccc2n1-c1ccc(-c2c3ccccc3c(-c3ccc(-c4ccccc4)cc3)c3ccccc23)cc1.[Ir].[c-]1ccccc1-c1ccccn1.c1ccc(-c2cc(-c3ccccc3)nc(-n3c4ccc(-c5ccc6c(c5)c5cc7c(cc5n6-c5ccccc5)oc5ccccc57)cc4c4cc5c(cc43)oc3ccccc35)n2)cc1. The van der Waals surface area contributed by atoms with Crippen LogP contribution < -0.4 is 0 Å². The van der Waals surface area contributed by atoms with Gasteiger partial charge in [0.15, 0.2) is 0 Å². The van der Waals surface area contributed by atoms with Gasteiger partial charge >= 0.3 is 0 Å². The molecule has 0 aliphatic heterocycles. The molecule has 120 heavy (non-hydrogen) atoms. The number of benzene rings is 17. The fourth-order valence-corrected chi connectivity index (χ4v) is 17.6. The summed E-state index contributed by atoms with van der Waals surface area (Å²) >= 11 is 0. The number of furan rings is 2. The van der Waals surface area contributed by atoms with Crippen molar-refractivity contribution in [3.05, 3.63) is 418 Å². The molecule has 569 valence electrons. The van der Waals surface area contributed by atoms with Crippen molar-refractivity contribution >= 4 is 120 Å². The first-order valence-electron chi connectivity index (χ1n) is 40.4. The standard InChI is InChI=1S/C58H34N4O2.C41H30N2.C11H8N.Ir/c1-4-14-35(15-5-1)48-32-49(36-16-6-2-7-17-36)60-58(59-48)62-51-27-25-38(29-43(51)45-31-47-41-21-11-13-23-55(41)64-57(47)34-53(45)62)37-24-26-50-42(28-37)44-30-46-40-20-10-12-22-54(40)63-56(46)33-52(44)61(50)39-18-8-3-9-19-39;1-2-39-42-37-18-10-11-19-38(37)43(39)32-26-24-31(25-27-32)41-35-16-8-6-14-33(35)40(34-15-7-9-17-36(34)41)30-22-20-29(21-23-30)28-12-4-3-5-13-28;1-2-6-10(7-3-1)11-8-4-5-9-12-11;/h1-34H;3-27H,2H2,1H3;1-6,8-9H;/q;;-1;. The van der Waals surface area contributed by atoms with Crippen molar-refractivity contribution in [3.8, 4) is 95.6 Å². The van der Waals surface area contributed by atoms with E-state index in [-0.39, 0.29) is 20.1 Å². The van der Waals surface area contributed by atoms with Crippen LogP contribution in [0, 0.1) is 6.07 Å². The zero-order valence-electron chi connectivity index (χ0n) is 65.2. The summed E-state index contributed by atoms with van der Waals surface area (Å²) in [6.07, 6.45) is 2.66. The molecule has 0 aliphatic rings. The number of pyridine rings is 1. The summed E-state index contributed by atoms with van der Waals surface area (Å²) in [4.78, 5) is 19.7. The Morgan fingerprint density at radius 3 is 1.22 bits per heavy atom. The largest absolute Gasteiger partial charge is 0.456 e. The Hall–Kier alpha value is -15.2. The molecule has 0 N–H and O–H groups in total. The molecule has 7 heterocycles. The summed E-state index contributed by atoms with van der Waals surface area (Å²) in [6.45, 7) is 2.17. The minimum Gasteiger partial charge on any atom is -0.456 e. The summed E-state index contributed by atoms with van der Waals surface area (Å²) in [5.41, 5.74) is 27.6. The number of para-hydroxylation sites is 5. The maximum Gasteiger partial charge on any atom is 0.235 e. The number of imidazole rings is 1. The average Bonchev–Trinajstić information content (AvgIpc) is 1.61. The molecule has 0 amide bonds. The van der Waals surface area contributed by atoms with Gasteiger partial charge in [0.2, 0.25) is 5.95 Å². The van der Waals surface area contributed by atoms with E-state index in [1.54, 1.807) is 6.20 Å². The van der Waals surface area contributed by atoms with Crippen molar-refractivity contribution in [3.63, 3.8) is 0 Å². The van der Waals surface area contributed by atoms with Crippen LogP contribution in [0.15, 0.2) is 415 Å². The molecule has 24 aromatic rings. The minimum atomic E-state index is 0. The van der Waals surface area contributed by atoms with Crippen LogP contribution in [0.3, 0.4) is 0 Å². The van der Waals surface area contributed by atoms with E-state index in [0.717, 1.165) is 156 Å². The Balaban J connectivity index is 0.000000136. The van der Waals surface area contributed by atoms with Gasteiger partial charge in [0.25, 0.3) is 0 Å². The second kappa shape index (κ2) is 30.8. The third-order valence-corrected chi connectivity index (χ3v) is 23.2. The van der Waals surface area contributed by atoms with Crippen molar-refractivity contribution in [2.24, 2.45) is 0 Å². The molecule has 0 aliphatic carbocycles. The van der Waals surface area contributed by atoms with Crippen molar-refractivity contribution in [2.45, 2.75) is 13.3 Å². The fourth-order valence-electron chi connectivity index (χ4n) is 17.6. The maximum absolute atomic E-state index is 6.52. The Morgan fingerprint density at radius 2 is 0.692 bits per heavy atom. The second-order valence-corrected chi connectivity index (χ2v) is 30.1. The molecule has 0 atom stereocenters. The van der Waals surface area contributed by atoms with E-state index >= 15 is 0 Å². The number of aromatic nitrogens is 7. The zero-order valence-corrected chi connectivity index (χ0v) is 67.6. The molecule has 0 fully saturated rings. The third-order valence-electron chi connectivity index (χ3n) is 23.2. The molecule has 9 nitrogen and oxygen atoms in total. The number of fused-ring (bicyclic) bond motifs is 15. The smallest absolute Gasteiger partial charge is 0.235 e. The van der Waals surface area contributed by atoms with Crippen molar-refractivity contribution < 1.29 is 28.9 Å². The molecule has 1 radical (unpaired) electrons. The maximum atomic E-state index is 6.52. The van der Waals surface area contributed by atoms with E-state index in [1.165, 1.54) is 65.7 Å². The van der Waals surface area contributed by atoms with E-state index in [1.807, 2.05) is 78.9 Å². The van der Waals surface area contributed by atoms with Gasteiger partial charge in [-0.2, -0.15) is 0 Å². The molecule has 7 aromatic heterocycles. The predicted octanol–water partition coefficient (Wildman–Crippen LogP) is 28.9. The summed E-state index contributed by atoms with van der Waals surface area (Å²) in [5.74, 6) is 1.67. The van der Waals surface area contributed by atoms with Gasteiger partial charge in [0.1, 0.15) is 28.2 Å². The van der Waals surface area contributed by atoms with Gasteiger partial charge in [0, 0.05) is 110 Å². The van der Waals surface area contributed by atoms with Gasteiger partial charge in [-0.3, -0.25) is 9.13 Å². The average molecular weight is 1720 g/mol. The van der Waals surface area contributed by atoms with Gasteiger partial charge in [-0.1, -0.05) is 274 Å². The number of aryl methyl sites for hydroxylation is 1. The molecule has 17 aromatic carbocycles. The first-order chi connectivity index (χ1) is 59.0. The molecular formula is C110H72IrN7O2-. The van der Waals surface area contributed by atoms with Crippen molar-refractivity contribution in [1.82, 2.24) is 33.6 Å². The van der Waals surface area contributed by atoms with E-state index in [4.69, 9.17) is 23.8 Å². The fraction of sp³-hybridized carbons (Fsp3) is 0.0182. The van der Waals surface area contributed by atoms with Crippen LogP contribution in [0.4, 0.5) is 0 Å². The monoisotopic (exact) mass is 1720 g/mol. The van der Waals surface area contributed by atoms with Gasteiger partial charge in [0.05, 0.1) is 44.5 Å². The molecule has 0 saturated heterocycles. The first-order valence-corrected chi connectivity index (χ1v) is 40.4. The summed E-state index contributed by atoms with van der Waals surface area (Å²) < 4.78 is 19.8. The Morgan fingerprint density at radius 1 is 0.267 bits per heavy atom. The number of nitrogens with zero attached hydrogens (tertiary/aromatic N) is 7. The summed E-state index contributed by atoms with van der Waals surface area (Å²) in [7, 11) is 0. The molecule has 0 spiro atoms. The quantitative estimate of drug-likeness (QED) is 0.0946. The van der Waals surface area contributed by atoms with E-state index in [0.29, 0.717) is 5.95 Å². The topological polar surface area (TPSA) is 92.6 Å².